The third kappa shape index (κ3) is 3.98. The molecule has 1 aromatic heterocycles. The molecule has 1 heterocycles. The Hall–Kier alpha value is -1.43. The molecule has 0 amide bonds. The number of nitrogens with two attached hydrogens (primary N) is 1. The van der Waals surface area contributed by atoms with Crippen molar-refractivity contribution in [2.75, 3.05) is 7.11 Å². The van der Waals surface area contributed by atoms with Crippen LogP contribution >= 0.6 is 0 Å². The molecule has 0 spiro atoms. The highest BCUT2D eigenvalue weighted by atomic mass is 16.5. The highest BCUT2D eigenvalue weighted by molar-refractivity contribution is 5.75. The minimum atomic E-state index is -0.512. The second kappa shape index (κ2) is 6.22. The molecule has 6 heteroatoms. The number of nitrogens with zero attached hydrogens (tertiary/aromatic N) is 3. The summed E-state index contributed by atoms with van der Waals surface area (Å²) in [6.07, 6.45) is 4.32. The molecule has 2 N–H and O–H groups in total. The highest BCUT2D eigenvalue weighted by Gasteiger charge is 2.12. The average Bonchev–Trinajstić information content (AvgIpc) is 2.69. The van der Waals surface area contributed by atoms with Crippen LogP contribution in [0.4, 0.5) is 0 Å². The third-order valence-electron chi connectivity index (χ3n) is 2.31. The lowest BCUT2D eigenvalue weighted by molar-refractivity contribution is -0.142. The Kier molecular flexibility index (Phi) is 4.91. The van der Waals surface area contributed by atoms with E-state index in [1.54, 1.807) is 4.68 Å². The van der Waals surface area contributed by atoms with Gasteiger partial charge in [0.25, 0.3) is 0 Å². The summed E-state index contributed by atoms with van der Waals surface area (Å²) in [5.41, 5.74) is 6.51. The van der Waals surface area contributed by atoms with E-state index in [2.05, 4.69) is 15.0 Å². The van der Waals surface area contributed by atoms with Crippen LogP contribution in [0.1, 0.15) is 25.0 Å². The second-order valence-electron chi connectivity index (χ2n) is 3.75. The fourth-order valence-corrected chi connectivity index (χ4v) is 1.41. The lowest BCUT2D eigenvalue weighted by atomic mass is 10.1. The summed E-state index contributed by atoms with van der Waals surface area (Å²) in [4.78, 5) is 11.0. The SMILES string of the molecule is COC(=O)C(N)CCCCn1cc(C)nn1. The number of aryl methyl sites for hydroxylation is 2. The summed E-state index contributed by atoms with van der Waals surface area (Å²) in [6, 6.07) is -0.512. The normalized spacial score (nSPS) is 12.4. The van der Waals surface area contributed by atoms with Crippen molar-refractivity contribution in [3.8, 4) is 0 Å². The molecule has 0 saturated heterocycles. The van der Waals surface area contributed by atoms with Crippen LogP contribution in [0.5, 0.6) is 0 Å². The summed E-state index contributed by atoms with van der Waals surface area (Å²) in [6.45, 7) is 2.70. The van der Waals surface area contributed by atoms with Crippen molar-refractivity contribution in [1.82, 2.24) is 15.0 Å². The molecule has 0 fully saturated rings. The zero-order valence-electron chi connectivity index (χ0n) is 9.72. The van der Waals surface area contributed by atoms with Crippen LogP contribution < -0.4 is 5.73 Å². The van der Waals surface area contributed by atoms with Crippen molar-refractivity contribution in [3.05, 3.63) is 11.9 Å². The van der Waals surface area contributed by atoms with E-state index in [-0.39, 0.29) is 5.97 Å². The van der Waals surface area contributed by atoms with E-state index in [1.807, 2.05) is 13.1 Å². The van der Waals surface area contributed by atoms with Gasteiger partial charge < -0.3 is 10.5 Å². The number of unbranched alkanes of at least 4 members (excludes halogenated alkanes) is 1. The zero-order chi connectivity index (χ0) is 12.0. The summed E-state index contributed by atoms with van der Waals surface area (Å²) in [5, 5.41) is 7.81. The molecule has 1 atom stereocenters. The Labute approximate surface area is 94.8 Å². The first-order chi connectivity index (χ1) is 7.63. The number of hydrogen-bond acceptors (Lipinski definition) is 5. The zero-order valence-corrected chi connectivity index (χ0v) is 9.72. The number of hydrogen-bond donors (Lipinski definition) is 1. The number of carbonyl (C=O) groups excluding carboxylic acids is 1. The molecule has 16 heavy (non-hydrogen) atoms. The molecule has 0 aromatic carbocycles. The van der Waals surface area contributed by atoms with E-state index >= 15 is 0 Å². The van der Waals surface area contributed by atoms with Gasteiger partial charge in [0.15, 0.2) is 0 Å². The van der Waals surface area contributed by atoms with Crippen molar-refractivity contribution in [2.45, 2.75) is 38.8 Å². The summed E-state index contributed by atoms with van der Waals surface area (Å²) in [5.74, 6) is -0.350. The molecule has 0 aliphatic rings. The molecule has 0 saturated carbocycles. The van der Waals surface area contributed by atoms with Crippen molar-refractivity contribution in [1.29, 1.82) is 0 Å². The quantitative estimate of drug-likeness (QED) is 0.555. The van der Waals surface area contributed by atoms with Crippen molar-refractivity contribution in [2.24, 2.45) is 5.73 Å². The van der Waals surface area contributed by atoms with E-state index in [0.29, 0.717) is 6.42 Å². The molecular weight excluding hydrogens is 208 g/mol. The Morgan fingerprint density at radius 1 is 1.62 bits per heavy atom. The largest absolute Gasteiger partial charge is 0.468 e. The molecule has 1 unspecified atom stereocenters. The van der Waals surface area contributed by atoms with E-state index in [0.717, 1.165) is 25.1 Å². The number of aromatic nitrogens is 3. The Bertz CT molecular complexity index is 337. The van der Waals surface area contributed by atoms with Gasteiger partial charge in [-0.3, -0.25) is 9.48 Å². The maximum Gasteiger partial charge on any atom is 0.322 e. The second-order valence-corrected chi connectivity index (χ2v) is 3.75. The van der Waals surface area contributed by atoms with E-state index in [1.165, 1.54) is 7.11 Å². The van der Waals surface area contributed by atoms with E-state index in [9.17, 15) is 4.79 Å². The van der Waals surface area contributed by atoms with Gasteiger partial charge >= 0.3 is 5.97 Å². The Balaban J connectivity index is 2.14. The number of rotatable bonds is 6. The summed E-state index contributed by atoms with van der Waals surface area (Å²) in [7, 11) is 1.35. The van der Waals surface area contributed by atoms with Gasteiger partial charge in [-0.1, -0.05) is 5.21 Å². The molecule has 0 aliphatic carbocycles. The van der Waals surface area contributed by atoms with Crippen LogP contribution in [0.15, 0.2) is 6.20 Å². The van der Waals surface area contributed by atoms with Gasteiger partial charge in [0.1, 0.15) is 6.04 Å². The molecule has 6 nitrogen and oxygen atoms in total. The van der Waals surface area contributed by atoms with Gasteiger partial charge in [-0.25, -0.2) is 0 Å². The maximum atomic E-state index is 11.0. The molecule has 0 aliphatic heterocycles. The molecule has 0 bridgehead atoms. The van der Waals surface area contributed by atoms with Crippen molar-refractivity contribution >= 4 is 5.97 Å². The monoisotopic (exact) mass is 226 g/mol. The smallest absolute Gasteiger partial charge is 0.322 e. The third-order valence-corrected chi connectivity index (χ3v) is 2.31. The van der Waals surface area contributed by atoms with Crippen molar-refractivity contribution in [3.63, 3.8) is 0 Å². The Morgan fingerprint density at radius 2 is 2.38 bits per heavy atom. The predicted octanol–water partition coefficient (Wildman–Crippen LogP) is 0.257. The first-order valence-corrected chi connectivity index (χ1v) is 5.33. The lowest BCUT2D eigenvalue weighted by Crippen LogP contribution is -2.31. The first kappa shape index (κ1) is 12.6. The predicted molar refractivity (Wildman–Crippen MR) is 58.6 cm³/mol. The molecule has 90 valence electrons. The maximum absolute atomic E-state index is 11.0. The molecular formula is C10H18N4O2. The van der Waals surface area contributed by atoms with E-state index < -0.39 is 6.04 Å². The van der Waals surface area contributed by atoms with E-state index in [4.69, 9.17) is 5.73 Å². The minimum absolute atomic E-state index is 0.350. The number of ether oxygens (including phenoxy) is 1. The van der Waals surface area contributed by atoms with Crippen molar-refractivity contribution < 1.29 is 9.53 Å². The summed E-state index contributed by atoms with van der Waals surface area (Å²) < 4.78 is 6.33. The minimum Gasteiger partial charge on any atom is -0.468 e. The van der Waals surface area contributed by atoms with Crippen LogP contribution in [0.2, 0.25) is 0 Å². The van der Waals surface area contributed by atoms with Crippen LogP contribution in [0.25, 0.3) is 0 Å². The average molecular weight is 226 g/mol. The number of esters is 1. The fourth-order valence-electron chi connectivity index (χ4n) is 1.41. The number of methoxy groups -OCH3 is 1. The van der Waals surface area contributed by atoms with Gasteiger partial charge in [-0.15, -0.1) is 5.10 Å². The fraction of sp³-hybridized carbons (Fsp3) is 0.700. The molecule has 1 aromatic rings. The first-order valence-electron chi connectivity index (χ1n) is 5.33. The summed E-state index contributed by atoms with van der Waals surface area (Å²) >= 11 is 0. The van der Waals surface area contributed by atoms with Crippen LogP contribution in [-0.2, 0) is 16.1 Å². The van der Waals surface area contributed by atoms with Crippen LogP contribution in [-0.4, -0.2) is 34.1 Å². The van der Waals surface area contributed by atoms with Gasteiger partial charge in [0.2, 0.25) is 0 Å². The van der Waals surface area contributed by atoms with Gasteiger partial charge in [-0.05, 0) is 26.2 Å². The molecule has 1 rings (SSSR count). The number of carbonyl (C=O) groups is 1. The van der Waals surface area contributed by atoms with Gasteiger partial charge in [0, 0.05) is 12.7 Å². The topological polar surface area (TPSA) is 83.0 Å². The Morgan fingerprint density at radius 3 is 2.94 bits per heavy atom. The highest BCUT2D eigenvalue weighted by Crippen LogP contribution is 2.02. The lowest BCUT2D eigenvalue weighted by Gasteiger charge is -2.08. The molecule has 0 radical (unpaired) electrons. The van der Waals surface area contributed by atoms with Gasteiger partial charge in [0.05, 0.1) is 12.8 Å². The van der Waals surface area contributed by atoms with Crippen LogP contribution in [0, 0.1) is 6.92 Å². The van der Waals surface area contributed by atoms with Crippen LogP contribution in [0.3, 0.4) is 0 Å². The standard InChI is InChI=1S/C10H18N4O2/c1-8-7-14(13-12-8)6-4-3-5-9(11)10(15)16-2/h7,9H,3-6,11H2,1-2H3. The van der Waals surface area contributed by atoms with Gasteiger partial charge in [-0.2, -0.15) is 0 Å².